The fraction of sp³-hybridized carbons (Fsp3) is 0.500. The largest absolute Gasteiger partial charge is 0.341 e. The Morgan fingerprint density at radius 3 is 2.83 bits per heavy atom. The van der Waals surface area contributed by atoms with Gasteiger partial charge in [-0.1, -0.05) is 25.7 Å². The lowest BCUT2D eigenvalue weighted by atomic mass is 10.1. The number of nitrogens with zero attached hydrogens (tertiary/aromatic N) is 1. The third-order valence-corrected chi connectivity index (χ3v) is 3.51. The van der Waals surface area contributed by atoms with Crippen molar-refractivity contribution in [3.63, 3.8) is 0 Å². The molecule has 4 heteroatoms. The summed E-state index contributed by atoms with van der Waals surface area (Å²) in [6.07, 6.45) is 1.02. The summed E-state index contributed by atoms with van der Waals surface area (Å²) >= 11 is 1.42. The molecule has 0 saturated heterocycles. The highest BCUT2D eigenvalue weighted by Gasteiger charge is 2.13. The van der Waals surface area contributed by atoms with E-state index in [1.54, 1.807) is 4.90 Å². The molecule has 0 atom stereocenters. The van der Waals surface area contributed by atoms with Crippen molar-refractivity contribution in [1.29, 1.82) is 0 Å². The molecule has 1 amide bonds. The molecule has 2 N–H and O–H groups in total. The number of thiophene rings is 1. The van der Waals surface area contributed by atoms with Gasteiger partial charge in [-0.25, -0.2) is 0 Å². The molecule has 0 radical (unpaired) electrons. The first kappa shape index (κ1) is 14.7. The second-order valence-corrected chi connectivity index (χ2v) is 5.66. The monoisotopic (exact) mass is 264 g/mol. The van der Waals surface area contributed by atoms with Gasteiger partial charge >= 0.3 is 0 Å². The summed E-state index contributed by atoms with van der Waals surface area (Å²) < 4.78 is 0. The van der Waals surface area contributed by atoms with Crippen LogP contribution >= 0.6 is 11.3 Å². The first-order chi connectivity index (χ1) is 8.54. The highest BCUT2D eigenvalue weighted by Crippen LogP contribution is 2.17. The Balaban J connectivity index is 2.63. The standard InChI is InChI=1S/C14H20N2OS/c1-11(2)8-10-16(3)14(17)13-7-6-12(18-13)5-4-9-15/h6-7,11H,8-10,15H2,1-3H3. The number of hydrogen-bond acceptors (Lipinski definition) is 3. The third-order valence-electron chi connectivity index (χ3n) is 2.52. The zero-order valence-corrected chi connectivity index (χ0v) is 12.0. The van der Waals surface area contributed by atoms with Crippen LogP contribution in [0, 0.1) is 17.8 Å². The Bertz CT molecular complexity index is 454. The fourth-order valence-corrected chi connectivity index (χ4v) is 2.28. The fourth-order valence-electron chi connectivity index (χ4n) is 1.40. The number of carbonyl (C=O) groups is 1. The lowest BCUT2D eigenvalue weighted by Crippen LogP contribution is -2.27. The Labute approximate surface area is 113 Å². The number of nitrogens with two attached hydrogens (primary N) is 1. The average molecular weight is 264 g/mol. The van der Waals surface area contributed by atoms with Gasteiger partial charge in [0, 0.05) is 13.6 Å². The van der Waals surface area contributed by atoms with Crippen molar-refractivity contribution in [3.05, 3.63) is 21.9 Å². The zero-order chi connectivity index (χ0) is 13.5. The summed E-state index contributed by atoms with van der Waals surface area (Å²) in [4.78, 5) is 15.5. The van der Waals surface area contributed by atoms with Crippen molar-refractivity contribution in [2.75, 3.05) is 20.1 Å². The van der Waals surface area contributed by atoms with E-state index < -0.39 is 0 Å². The van der Waals surface area contributed by atoms with Crippen LogP contribution in [0.15, 0.2) is 12.1 Å². The zero-order valence-electron chi connectivity index (χ0n) is 11.2. The second kappa shape index (κ2) is 7.20. The van der Waals surface area contributed by atoms with E-state index in [1.165, 1.54) is 11.3 Å². The van der Waals surface area contributed by atoms with Gasteiger partial charge in [0.2, 0.25) is 0 Å². The summed E-state index contributed by atoms with van der Waals surface area (Å²) in [5, 5.41) is 0. The predicted molar refractivity (Wildman–Crippen MR) is 76.7 cm³/mol. The lowest BCUT2D eigenvalue weighted by Gasteiger charge is -2.17. The smallest absolute Gasteiger partial charge is 0.263 e. The predicted octanol–water partition coefficient (Wildman–Crippen LogP) is 2.18. The molecule has 0 aliphatic rings. The molecule has 1 aromatic heterocycles. The number of carbonyl (C=O) groups excluding carboxylic acids is 1. The van der Waals surface area contributed by atoms with E-state index in [-0.39, 0.29) is 5.91 Å². The summed E-state index contributed by atoms with van der Waals surface area (Å²) in [5.74, 6) is 6.41. The molecule has 18 heavy (non-hydrogen) atoms. The Morgan fingerprint density at radius 1 is 1.50 bits per heavy atom. The summed E-state index contributed by atoms with van der Waals surface area (Å²) in [7, 11) is 1.84. The van der Waals surface area contributed by atoms with Crippen LogP contribution in [0.3, 0.4) is 0 Å². The van der Waals surface area contributed by atoms with Crippen LogP contribution in [-0.4, -0.2) is 30.9 Å². The van der Waals surface area contributed by atoms with Gasteiger partial charge in [-0.15, -0.1) is 11.3 Å². The van der Waals surface area contributed by atoms with Crippen molar-refractivity contribution < 1.29 is 4.79 Å². The summed E-state index contributed by atoms with van der Waals surface area (Å²) in [5.41, 5.74) is 5.31. The van der Waals surface area contributed by atoms with Crippen LogP contribution in [0.1, 0.15) is 34.8 Å². The van der Waals surface area contributed by atoms with E-state index in [4.69, 9.17) is 5.73 Å². The Hall–Kier alpha value is -1.31. The SMILES string of the molecule is CC(C)CCN(C)C(=O)c1ccc(C#CCN)s1. The highest BCUT2D eigenvalue weighted by atomic mass is 32.1. The molecule has 0 unspecified atom stereocenters. The van der Waals surface area contributed by atoms with E-state index in [1.807, 2.05) is 19.2 Å². The summed E-state index contributed by atoms with van der Waals surface area (Å²) in [6.45, 7) is 5.45. The molecule has 98 valence electrons. The lowest BCUT2D eigenvalue weighted by molar-refractivity contribution is 0.0794. The molecule has 0 fully saturated rings. The van der Waals surface area contributed by atoms with Gasteiger partial charge in [0.15, 0.2) is 0 Å². The van der Waals surface area contributed by atoms with Crippen LogP contribution in [0.2, 0.25) is 0 Å². The molecule has 0 aliphatic heterocycles. The molecule has 1 aromatic rings. The quantitative estimate of drug-likeness (QED) is 0.847. The third kappa shape index (κ3) is 4.52. The molecule has 0 bridgehead atoms. The first-order valence-corrected chi connectivity index (χ1v) is 6.90. The van der Waals surface area contributed by atoms with Gasteiger partial charge in [-0.3, -0.25) is 4.79 Å². The van der Waals surface area contributed by atoms with E-state index in [9.17, 15) is 4.79 Å². The van der Waals surface area contributed by atoms with Crippen molar-refractivity contribution >= 4 is 17.2 Å². The van der Waals surface area contributed by atoms with Crippen LogP contribution in [0.25, 0.3) is 0 Å². The van der Waals surface area contributed by atoms with Crippen molar-refractivity contribution in [2.45, 2.75) is 20.3 Å². The molecule has 1 rings (SSSR count). The van der Waals surface area contributed by atoms with E-state index in [2.05, 4.69) is 25.7 Å². The van der Waals surface area contributed by atoms with Gasteiger partial charge < -0.3 is 10.6 Å². The van der Waals surface area contributed by atoms with Crippen LogP contribution in [0.4, 0.5) is 0 Å². The van der Waals surface area contributed by atoms with Gasteiger partial charge in [0.1, 0.15) is 0 Å². The average Bonchev–Trinajstić information content (AvgIpc) is 2.81. The first-order valence-electron chi connectivity index (χ1n) is 6.08. The Kier molecular flexibility index (Phi) is 5.90. The molecular weight excluding hydrogens is 244 g/mol. The maximum absolute atomic E-state index is 12.1. The van der Waals surface area contributed by atoms with E-state index in [0.717, 1.165) is 22.7 Å². The normalized spacial score (nSPS) is 10.1. The van der Waals surface area contributed by atoms with E-state index >= 15 is 0 Å². The summed E-state index contributed by atoms with van der Waals surface area (Å²) in [6, 6.07) is 3.70. The molecule has 0 spiro atoms. The minimum atomic E-state index is 0.0708. The van der Waals surface area contributed by atoms with Crippen molar-refractivity contribution in [1.82, 2.24) is 4.90 Å². The number of hydrogen-bond donors (Lipinski definition) is 1. The molecule has 3 nitrogen and oxygen atoms in total. The van der Waals surface area contributed by atoms with Crippen LogP contribution in [-0.2, 0) is 0 Å². The minimum absolute atomic E-state index is 0.0708. The van der Waals surface area contributed by atoms with Gasteiger partial charge in [0.05, 0.1) is 16.3 Å². The van der Waals surface area contributed by atoms with Crippen LogP contribution in [0.5, 0.6) is 0 Å². The number of amides is 1. The van der Waals surface area contributed by atoms with Crippen LogP contribution < -0.4 is 5.73 Å². The van der Waals surface area contributed by atoms with E-state index in [0.29, 0.717) is 12.5 Å². The molecular formula is C14H20N2OS. The van der Waals surface area contributed by atoms with Gasteiger partial charge in [0.25, 0.3) is 5.91 Å². The minimum Gasteiger partial charge on any atom is -0.341 e. The van der Waals surface area contributed by atoms with Gasteiger partial charge in [-0.05, 0) is 24.5 Å². The molecule has 0 saturated carbocycles. The maximum Gasteiger partial charge on any atom is 0.263 e. The second-order valence-electron chi connectivity index (χ2n) is 4.58. The van der Waals surface area contributed by atoms with Crippen molar-refractivity contribution in [3.8, 4) is 11.8 Å². The maximum atomic E-state index is 12.1. The van der Waals surface area contributed by atoms with Gasteiger partial charge in [-0.2, -0.15) is 0 Å². The number of rotatable bonds is 4. The molecule has 1 heterocycles. The topological polar surface area (TPSA) is 46.3 Å². The van der Waals surface area contributed by atoms with Crippen molar-refractivity contribution in [2.24, 2.45) is 11.7 Å². The highest BCUT2D eigenvalue weighted by molar-refractivity contribution is 7.14. The molecule has 0 aliphatic carbocycles. The molecule has 0 aromatic carbocycles. The Morgan fingerprint density at radius 2 is 2.22 bits per heavy atom.